The number of fused-ring (bicyclic) bond motifs is 2. The monoisotopic (exact) mass is 463 g/mol. The zero-order valence-electron chi connectivity index (χ0n) is 17.3. The minimum atomic E-state index is -0.428. The molecule has 9 nitrogen and oxygen atoms in total. The molecule has 2 aromatic heterocycles. The van der Waals surface area contributed by atoms with Gasteiger partial charge in [0, 0.05) is 55.2 Å². The fourth-order valence-corrected chi connectivity index (χ4v) is 4.21. The van der Waals surface area contributed by atoms with Crippen LogP contribution in [0.1, 0.15) is 10.4 Å². The number of pyridine rings is 1. The number of aromatic nitrogens is 2. The first-order chi connectivity index (χ1) is 15.9. The van der Waals surface area contributed by atoms with Crippen molar-refractivity contribution in [2.45, 2.75) is 0 Å². The van der Waals surface area contributed by atoms with E-state index in [9.17, 15) is 19.7 Å². The van der Waals surface area contributed by atoms with E-state index >= 15 is 0 Å². The standard InChI is InChI=1S/C23H18ClN5O4/c24-16-2-7-19-20(13-16)25-21-8-1-15(14-28(21)23(19)31)22(30)27-11-9-26(10-12-27)17-3-5-18(6-4-17)29(32)33/h1-8,13-14H,9-12H2. The van der Waals surface area contributed by atoms with Gasteiger partial charge < -0.3 is 9.80 Å². The Labute approximate surface area is 192 Å². The van der Waals surface area contributed by atoms with Crippen molar-refractivity contribution in [3.8, 4) is 0 Å². The summed E-state index contributed by atoms with van der Waals surface area (Å²) in [5, 5.41) is 11.8. The Kier molecular flexibility index (Phi) is 5.18. The molecule has 0 atom stereocenters. The Balaban J connectivity index is 1.35. The lowest BCUT2D eigenvalue weighted by molar-refractivity contribution is -0.384. The molecule has 1 aliphatic rings. The second kappa shape index (κ2) is 8.18. The number of hydrogen-bond acceptors (Lipinski definition) is 6. The molecule has 0 spiro atoms. The molecule has 4 aromatic rings. The van der Waals surface area contributed by atoms with Gasteiger partial charge in [-0.05, 0) is 42.5 Å². The first-order valence-corrected chi connectivity index (χ1v) is 10.7. The number of hydrogen-bond donors (Lipinski definition) is 0. The second-order valence-corrected chi connectivity index (χ2v) is 8.21. The molecule has 2 aromatic carbocycles. The quantitative estimate of drug-likeness (QED) is 0.262. The molecule has 0 aliphatic carbocycles. The molecule has 5 rings (SSSR count). The molecule has 1 saturated heterocycles. The van der Waals surface area contributed by atoms with E-state index in [1.54, 1.807) is 47.4 Å². The average molecular weight is 464 g/mol. The minimum absolute atomic E-state index is 0.0458. The molecular weight excluding hydrogens is 446 g/mol. The molecule has 33 heavy (non-hydrogen) atoms. The number of carbonyl (C=O) groups is 1. The fraction of sp³-hybridized carbons (Fsp3) is 0.174. The zero-order chi connectivity index (χ0) is 23.1. The van der Waals surface area contributed by atoms with Crippen LogP contribution in [0.2, 0.25) is 5.02 Å². The predicted octanol–water partition coefficient (Wildman–Crippen LogP) is 3.37. The Morgan fingerprint density at radius 1 is 1.00 bits per heavy atom. The molecule has 0 N–H and O–H groups in total. The van der Waals surface area contributed by atoms with Gasteiger partial charge >= 0.3 is 0 Å². The molecule has 1 aliphatic heterocycles. The van der Waals surface area contributed by atoms with Gasteiger partial charge in [0.15, 0.2) is 0 Å². The number of nitro groups is 1. The average Bonchev–Trinajstić information content (AvgIpc) is 2.83. The summed E-state index contributed by atoms with van der Waals surface area (Å²) in [4.78, 5) is 44.7. The highest BCUT2D eigenvalue weighted by atomic mass is 35.5. The summed E-state index contributed by atoms with van der Waals surface area (Å²) in [7, 11) is 0. The molecule has 166 valence electrons. The van der Waals surface area contributed by atoms with E-state index in [0.717, 1.165) is 5.69 Å². The molecule has 3 heterocycles. The summed E-state index contributed by atoms with van der Waals surface area (Å²) in [6.07, 6.45) is 1.53. The van der Waals surface area contributed by atoms with Crippen LogP contribution >= 0.6 is 11.6 Å². The third-order valence-corrected chi connectivity index (χ3v) is 6.05. The van der Waals surface area contributed by atoms with Crippen molar-refractivity contribution in [3.05, 3.63) is 91.8 Å². The van der Waals surface area contributed by atoms with Crippen LogP contribution < -0.4 is 10.5 Å². The van der Waals surface area contributed by atoms with Crippen LogP contribution in [0.15, 0.2) is 65.6 Å². The van der Waals surface area contributed by atoms with E-state index in [0.29, 0.717) is 53.3 Å². The van der Waals surface area contributed by atoms with Crippen LogP contribution in [0.4, 0.5) is 11.4 Å². The first kappa shape index (κ1) is 20.9. The predicted molar refractivity (Wildman–Crippen MR) is 125 cm³/mol. The van der Waals surface area contributed by atoms with Crippen molar-refractivity contribution >= 4 is 45.4 Å². The number of amides is 1. The third kappa shape index (κ3) is 3.87. The zero-order valence-corrected chi connectivity index (χ0v) is 18.1. The summed E-state index contributed by atoms with van der Waals surface area (Å²) in [6, 6.07) is 14.6. The number of nitro benzene ring substituents is 1. The number of rotatable bonds is 3. The van der Waals surface area contributed by atoms with E-state index in [1.807, 2.05) is 0 Å². The Morgan fingerprint density at radius 2 is 1.73 bits per heavy atom. The van der Waals surface area contributed by atoms with Crippen molar-refractivity contribution in [3.63, 3.8) is 0 Å². The van der Waals surface area contributed by atoms with Crippen molar-refractivity contribution in [1.29, 1.82) is 0 Å². The van der Waals surface area contributed by atoms with E-state index in [4.69, 9.17) is 11.6 Å². The van der Waals surface area contributed by atoms with E-state index in [2.05, 4.69) is 9.88 Å². The van der Waals surface area contributed by atoms with Gasteiger partial charge in [0.2, 0.25) is 0 Å². The largest absolute Gasteiger partial charge is 0.368 e. The number of anilines is 1. The van der Waals surface area contributed by atoms with Gasteiger partial charge in [0.05, 0.1) is 21.4 Å². The summed E-state index contributed by atoms with van der Waals surface area (Å²) >= 11 is 6.01. The van der Waals surface area contributed by atoms with Gasteiger partial charge in [0.1, 0.15) is 5.65 Å². The molecule has 10 heteroatoms. The van der Waals surface area contributed by atoms with E-state index in [1.165, 1.54) is 22.7 Å². The summed E-state index contributed by atoms with van der Waals surface area (Å²) in [5.41, 5.74) is 2.02. The van der Waals surface area contributed by atoms with E-state index < -0.39 is 4.92 Å². The summed E-state index contributed by atoms with van der Waals surface area (Å²) in [6.45, 7) is 2.20. The Hall–Kier alpha value is -3.98. The number of piperazine rings is 1. The topological polar surface area (TPSA) is 101 Å². The lowest BCUT2D eigenvalue weighted by Gasteiger charge is -2.36. The highest BCUT2D eigenvalue weighted by Gasteiger charge is 2.23. The van der Waals surface area contributed by atoms with Crippen LogP contribution in [-0.4, -0.2) is 51.3 Å². The van der Waals surface area contributed by atoms with Crippen molar-refractivity contribution in [2.24, 2.45) is 0 Å². The van der Waals surface area contributed by atoms with Crippen LogP contribution in [0.3, 0.4) is 0 Å². The number of nitrogens with zero attached hydrogens (tertiary/aromatic N) is 5. The maximum absolute atomic E-state index is 13.1. The lowest BCUT2D eigenvalue weighted by Crippen LogP contribution is -2.48. The molecule has 1 fully saturated rings. The van der Waals surface area contributed by atoms with Gasteiger partial charge in [-0.3, -0.25) is 24.1 Å². The second-order valence-electron chi connectivity index (χ2n) is 7.78. The highest BCUT2D eigenvalue weighted by Crippen LogP contribution is 2.21. The number of carbonyl (C=O) groups excluding carboxylic acids is 1. The maximum atomic E-state index is 13.1. The lowest BCUT2D eigenvalue weighted by atomic mass is 10.2. The third-order valence-electron chi connectivity index (χ3n) is 5.81. The molecule has 0 saturated carbocycles. The van der Waals surface area contributed by atoms with Crippen LogP contribution in [-0.2, 0) is 0 Å². The van der Waals surface area contributed by atoms with Gasteiger partial charge in [-0.25, -0.2) is 4.98 Å². The number of halogens is 1. The number of non-ortho nitro benzene ring substituents is 1. The van der Waals surface area contributed by atoms with Gasteiger partial charge in [-0.2, -0.15) is 0 Å². The smallest absolute Gasteiger partial charge is 0.269 e. The SMILES string of the molecule is O=C(c1ccc2nc3cc(Cl)ccc3c(=O)n2c1)N1CCN(c2ccc([N+](=O)[O-])cc2)CC1. The number of benzene rings is 2. The van der Waals surface area contributed by atoms with Gasteiger partial charge in [-0.15, -0.1) is 0 Å². The van der Waals surface area contributed by atoms with Crippen molar-refractivity contribution in [2.75, 3.05) is 31.1 Å². The van der Waals surface area contributed by atoms with Gasteiger partial charge in [0.25, 0.3) is 17.2 Å². The fourth-order valence-electron chi connectivity index (χ4n) is 4.04. The van der Waals surface area contributed by atoms with Crippen LogP contribution in [0.5, 0.6) is 0 Å². The van der Waals surface area contributed by atoms with Crippen molar-refractivity contribution in [1.82, 2.24) is 14.3 Å². The van der Waals surface area contributed by atoms with E-state index in [-0.39, 0.29) is 17.2 Å². The Morgan fingerprint density at radius 3 is 2.42 bits per heavy atom. The maximum Gasteiger partial charge on any atom is 0.269 e. The van der Waals surface area contributed by atoms with Crippen LogP contribution in [0, 0.1) is 10.1 Å². The Bertz CT molecular complexity index is 1460. The normalized spacial score (nSPS) is 14.1. The first-order valence-electron chi connectivity index (χ1n) is 10.3. The molecular formula is C23H18ClN5O4. The molecule has 0 unspecified atom stereocenters. The van der Waals surface area contributed by atoms with Gasteiger partial charge in [-0.1, -0.05) is 11.6 Å². The minimum Gasteiger partial charge on any atom is -0.368 e. The summed E-state index contributed by atoms with van der Waals surface area (Å²) in [5.74, 6) is -0.164. The van der Waals surface area contributed by atoms with Crippen LogP contribution in [0.25, 0.3) is 16.6 Å². The molecule has 1 amide bonds. The highest BCUT2D eigenvalue weighted by molar-refractivity contribution is 6.31. The molecule has 0 bridgehead atoms. The summed E-state index contributed by atoms with van der Waals surface area (Å²) < 4.78 is 1.39. The van der Waals surface area contributed by atoms with Crippen molar-refractivity contribution < 1.29 is 9.72 Å². The molecule has 0 radical (unpaired) electrons.